The lowest BCUT2D eigenvalue weighted by atomic mass is 9.80. The van der Waals surface area contributed by atoms with Gasteiger partial charge in [0.25, 0.3) is 0 Å². The maximum Gasteiger partial charge on any atom is 0.309 e. The molecule has 3 nitrogen and oxygen atoms in total. The number of benzene rings is 1. The summed E-state index contributed by atoms with van der Waals surface area (Å²) < 4.78 is 0. The normalized spacial score (nSPS) is 25.4. The van der Waals surface area contributed by atoms with Crippen LogP contribution in [0, 0.1) is 12.3 Å². The lowest BCUT2D eigenvalue weighted by molar-refractivity contribution is -0.151. The van der Waals surface area contributed by atoms with Gasteiger partial charge in [-0.15, -0.1) is 0 Å². The minimum atomic E-state index is -0.639. The Morgan fingerprint density at radius 2 is 2.05 bits per heavy atom. The van der Waals surface area contributed by atoms with E-state index >= 15 is 0 Å². The smallest absolute Gasteiger partial charge is 0.309 e. The zero-order valence-corrected chi connectivity index (χ0v) is 12.4. The van der Waals surface area contributed by atoms with E-state index < -0.39 is 11.4 Å². The SMILES string of the molecule is Cc1ccc2c(c1)C(N1CCC(C)(C(=O)O)CC1)CC2. The fraction of sp³-hybridized carbons (Fsp3) is 0.588. The fourth-order valence-electron chi connectivity index (χ4n) is 3.62. The number of carboxylic acid groups (broad SMARTS) is 1. The number of carbonyl (C=O) groups is 1. The van der Waals surface area contributed by atoms with Gasteiger partial charge >= 0.3 is 5.97 Å². The lowest BCUT2D eigenvalue weighted by Gasteiger charge is -2.39. The fourth-order valence-corrected chi connectivity index (χ4v) is 3.62. The van der Waals surface area contributed by atoms with Crippen LogP contribution in [0.15, 0.2) is 18.2 Å². The number of hydrogen-bond donors (Lipinski definition) is 1. The van der Waals surface area contributed by atoms with Gasteiger partial charge in [0.05, 0.1) is 5.41 Å². The zero-order chi connectivity index (χ0) is 14.3. The van der Waals surface area contributed by atoms with Crippen LogP contribution < -0.4 is 0 Å². The summed E-state index contributed by atoms with van der Waals surface area (Å²) in [6.45, 7) is 5.84. The van der Waals surface area contributed by atoms with Gasteiger partial charge in [0.1, 0.15) is 0 Å². The van der Waals surface area contributed by atoms with Crippen LogP contribution in [-0.4, -0.2) is 29.1 Å². The van der Waals surface area contributed by atoms with Crippen molar-refractivity contribution in [3.8, 4) is 0 Å². The molecule has 1 fully saturated rings. The third kappa shape index (κ3) is 2.24. The van der Waals surface area contributed by atoms with Gasteiger partial charge in [0.2, 0.25) is 0 Å². The number of likely N-dealkylation sites (tertiary alicyclic amines) is 1. The molecule has 3 rings (SSSR count). The summed E-state index contributed by atoms with van der Waals surface area (Å²) in [6, 6.07) is 7.27. The maximum atomic E-state index is 11.3. The molecule has 1 aromatic carbocycles. The van der Waals surface area contributed by atoms with E-state index in [-0.39, 0.29) is 0 Å². The van der Waals surface area contributed by atoms with Crippen LogP contribution in [0.3, 0.4) is 0 Å². The molecule has 1 atom stereocenters. The second-order valence-electron chi connectivity index (χ2n) is 6.66. The molecule has 1 heterocycles. The average Bonchev–Trinajstić information content (AvgIpc) is 2.82. The highest BCUT2D eigenvalue weighted by Crippen LogP contribution is 2.40. The van der Waals surface area contributed by atoms with Gasteiger partial charge in [-0.1, -0.05) is 23.8 Å². The highest BCUT2D eigenvalue weighted by Gasteiger charge is 2.39. The van der Waals surface area contributed by atoms with E-state index in [9.17, 15) is 9.90 Å². The highest BCUT2D eigenvalue weighted by molar-refractivity contribution is 5.74. The predicted octanol–water partition coefficient (Wildman–Crippen LogP) is 3.17. The van der Waals surface area contributed by atoms with Crippen molar-refractivity contribution in [3.05, 3.63) is 34.9 Å². The van der Waals surface area contributed by atoms with E-state index in [2.05, 4.69) is 30.0 Å². The van der Waals surface area contributed by atoms with Crippen molar-refractivity contribution < 1.29 is 9.90 Å². The molecule has 0 radical (unpaired) electrons. The van der Waals surface area contributed by atoms with Crippen molar-refractivity contribution in [2.45, 2.75) is 45.6 Å². The molecule has 0 aromatic heterocycles. The van der Waals surface area contributed by atoms with Gasteiger partial charge in [0, 0.05) is 6.04 Å². The second kappa shape index (κ2) is 4.88. The summed E-state index contributed by atoms with van der Waals surface area (Å²) in [5.74, 6) is -0.639. The average molecular weight is 273 g/mol. The van der Waals surface area contributed by atoms with Crippen molar-refractivity contribution in [3.63, 3.8) is 0 Å². The van der Waals surface area contributed by atoms with Gasteiger partial charge in [-0.25, -0.2) is 0 Å². The number of rotatable bonds is 2. The Hall–Kier alpha value is -1.35. The molecule has 0 amide bonds. The van der Waals surface area contributed by atoms with E-state index in [1.165, 1.54) is 23.1 Å². The summed E-state index contributed by atoms with van der Waals surface area (Å²) in [5, 5.41) is 9.32. The van der Waals surface area contributed by atoms with Gasteiger partial charge in [-0.05, 0) is 63.7 Å². The second-order valence-corrected chi connectivity index (χ2v) is 6.66. The van der Waals surface area contributed by atoms with Crippen molar-refractivity contribution in [1.82, 2.24) is 4.90 Å². The molecule has 0 spiro atoms. The van der Waals surface area contributed by atoms with Crippen LogP contribution >= 0.6 is 0 Å². The first-order valence-electron chi connectivity index (χ1n) is 7.56. The molecule has 1 aliphatic heterocycles. The monoisotopic (exact) mass is 273 g/mol. The molecule has 0 bridgehead atoms. The number of carboxylic acids is 1. The predicted molar refractivity (Wildman–Crippen MR) is 78.8 cm³/mol. The van der Waals surface area contributed by atoms with E-state index in [1.807, 2.05) is 6.92 Å². The number of piperidine rings is 1. The number of hydrogen-bond acceptors (Lipinski definition) is 2. The Balaban J connectivity index is 1.75. The molecule has 1 unspecified atom stereocenters. The first-order chi connectivity index (χ1) is 9.49. The summed E-state index contributed by atoms with van der Waals surface area (Å²) in [5.41, 5.74) is 3.75. The molecule has 1 aliphatic carbocycles. The molecule has 108 valence electrons. The quantitative estimate of drug-likeness (QED) is 0.899. The minimum absolute atomic E-state index is 0.503. The van der Waals surface area contributed by atoms with Crippen molar-refractivity contribution >= 4 is 5.97 Å². The summed E-state index contributed by atoms with van der Waals surface area (Å²) in [7, 11) is 0. The van der Waals surface area contributed by atoms with E-state index in [1.54, 1.807) is 0 Å². The van der Waals surface area contributed by atoms with Crippen LogP contribution in [0.1, 0.15) is 48.9 Å². The molecule has 2 aliphatic rings. The molecular weight excluding hydrogens is 250 g/mol. The Bertz CT molecular complexity index is 530. The first kappa shape index (κ1) is 13.6. The molecule has 1 saturated heterocycles. The van der Waals surface area contributed by atoms with Crippen molar-refractivity contribution in [2.75, 3.05) is 13.1 Å². The number of nitrogens with zero attached hydrogens (tertiary/aromatic N) is 1. The number of aryl methyl sites for hydroxylation is 2. The summed E-state index contributed by atoms with van der Waals surface area (Å²) >= 11 is 0. The Labute approximate surface area is 120 Å². The third-order valence-corrected chi connectivity index (χ3v) is 5.21. The van der Waals surface area contributed by atoms with Crippen molar-refractivity contribution in [1.29, 1.82) is 0 Å². The van der Waals surface area contributed by atoms with Gasteiger partial charge in [-0.3, -0.25) is 9.69 Å². The van der Waals surface area contributed by atoms with Crippen LogP contribution in [0.25, 0.3) is 0 Å². The third-order valence-electron chi connectivity index (χ3n) is 5.21. The Morgan fingerprint density at radius 3 is 2.70 bits per heavy atom. The maximum absolute atomic E-state index is 11.3. The molecule has 3 heteroatoms. The van der Waals surface area contributed by atoms with Crippen LogP contribution in [0.4, 0.5) is 0 Å². The molecule has 20 heavy (non-hydrogen) atoms. The minimum Gasteiger partial charge on any atom is -0.481 e. The van der Waals surface area contributed by atoms with E-state index in [0.717, 1.165) is 32.4 Å². The molecule has 1 N–H and O–H groups in total. The van der Waals surface area contributed by atoms with E-state index in [0.29, 0.717) is 6.04 Å². The first-order valence-corrected chi connectivity index (χ1v) is 7.56. The van der Waals surface area contributed by atoms with Gasteiger partial charge in [0.15, 0.2) is 0 Å². The Morgan fingerprint density at radius 1 is 1.35 bits per heavy atom. The van der Waals surface area contributed by atoms with Gasteiger partial charge in [-0.2, -0.15) is 0 Å². The Kier molecular flexibility index (Phi) is 3.33. The standard InChI is InChI=1S/C17H23NO2/c1-12-3-4-13-5-6-15(14(13)11-12)18-9-7-17(2,8-10-18)16(19)20/h3-4,11,15H,5-10H2,1-2H3,(H,19,20). The topological polar surface area (TPSA) is 40.5 Å². The van der Waals surface area contributed by atoms with E-state index in [4.69, 9.17) is 0 Å². The van der Waals surface area contributed by atoms with Crippen LogP contribution in [0.5, 0.6) is 0 Å². The summed E-state index contributed by atoms with van der Waals surface area (Å²) in [6.07, 6.45) is 3.87. The number of aliphatic carboxylic acids is 1. The highest BCUT2D eigenvalue weighted by atomic mass is 16.4. The van der Waals surface area contributed by atoms with Crippen molar-refractivity contribution in [2.24, 2.45) is 5.41 Å². The van der Waals surface area contributed by atoms with Crippen LogP contribution in [0.2, 0.25) is 0 Å². The zero-order valence-electron chi connectivity index (χ0n) is 12.4. The largest absolute Gasteiger partial charge is 0.481 e. The van der Waals surface area contributed by atoms with Crippen LogP contribution in [-0.2, 0) is 11.2 Å². The molecule has 1 aromatic rings. The molecule has 0 saturated carbocycles. The van der Waals surface area contributed by atoms with Gasteiger partial charge < -0.3 is 5.11 Å². The molecular formula is C17H23NO2. The lowest BCUT2D eigenvalue weighted by Crippen LogP contribution is -2.43. The summed E-state index contributed by atoms with van der Waals surface area (Å²) in [4.78, 5) is 13.8. The number of fused-ring (bicyclic) bond motifs is 1.